The standard InChI is InChI=1S/C12H22Cl2/c1-3-5-7-11(13)9-10-12(14)8-6-4-2/h9-12H,3-8H2,1-2H3/b10-9-. The first-order valence-corrected chi connectivity index (χ1v) is 6.54. The summed E-state index contributed by atoms with van der Waals surface area (Å²) in [6.07, 6.45) is 11.0. The number of rotatable bonds is 8. The van der Waals surface area contributed by atoms with Crippen molar-refractivity contribution in [3.8, 4) is 0 Å². The molecule has 0 rings (SSSR count). The molecule has 0 N–H and O–H groups in total. The number of hydrogen-bond donors (Lipinski definition) is 0. The second-order valence-corrected chi connectivity index (χ2v) is 4.82. The molecule has 0 amide bonds. The van der Waals surface area contributed by atoms with E-state index in [9.17, 15) is 0 Å². The lowest BCUT2D eigenvalue weighted by molar-refractivity contribution is 0.720. The highest BCUT2D eigenvalue weighted by molar-refractivity contribution is 6.23. The van der Waals surface area contributed by atoms with Gasteiger partial charge in [0.25, 0.3) is 0 Å². The Balaban J connectivity index is 3.56. The van der Waals surface area contributed by atoms with Crippen molar-refractivity contribution in [2.75, 3.05) is 0 Å². The van der Waals surface area contributed by atoms with Crippen LogP contribution in [0.2, 0.25) is 0 Å². The number of alkyl halides is 2. The molecule has 2 atom stereocenters. The molecule has 0 saturated heterocycles. The lowest BCUT2D eigenvalue weighted by Crippen LogP contribution is -1.97. The molecular formula is C12H22Cl2. The molecule has 0 spiro atoms. The summed E-state index contributed by atoms with van der Waals surface area (Å²) in [5.74, 6) is 0. The summed E-state index contributed by atoms with van der Waals surface area (Å²) in [6, 6.07) is 0. The highest BCUT2D eigenvalue weighted by Crippen LogP contribution is 2.13. The summed E-state index contributed by atoms with van der Waals surface area (Å²) >= 11 is 12.2. The first kappa shape index (κ1) is 14.3. The molecule has 0 nitrogen and oxygen atoms in total. The molecule has 14 heavy (non-hydrogen) atoms. The molecule has 0 aromatic carbocycles. The van der Waals surface area contributed by atoms with Crippen molar-refractivity contribution < 1.29 is 0 Å². The topological polar surface area (TPSA) is 0 Å². The van der Waals surface area contributed by atoms with Crippen molar-refractivity contribution >= 4 is 23.2 Å². The molecule has 0 fully saturated rings. The quantitative estimate of drug-likeness (QED) is 0.405. The summed E-state index contributed by atoms with van der Waals surface area (Å²) in [7, 11) is 0. The number of allylic oxidation sites excluding steroid dienone is 2. The first-order valence-electron chi connectivity index (χ1n) is 5.67. The Hall–Kier alpha value is 0.320. The van der Waals surface area contributed by atoms with Crippen LogP contribution >= 0.6 is 23.2 Å². The molecule has 0 aromatic heterocycles. The van der Waals surface area contributed by atoms with Gasteiger partial charge in [0.2, 0.25) is 0 Å². The van der Waals surface area contributed by atoms with Gasteiger partial charge in [0, 0.05) is 0 Å². The van der Waals surface area contributed by atoms with Gasteiger partial charge in [0.15, 0.2) is 0 Å². The van der Waals surface area contributed by atoms with Gasteiger partial charge in [-0.15, -0.1) is 23.2 Å². The van der Waals surface area contributed by atoms with E-state index in [2.05, 4.69) is 13.8 Å². The zero-order valence-corrected chi connectivity index (χ0v) is 10.8. The normalized spacial score (nSPS) is 16.0. The van der Waals surface area contributed by atoms with Crippen molar-refractivity contribution in [2.45, 2.75) is 63.1 Å². The van der Waals surface area contributed by atoms with Gasteiger partial charge in [0.1, 0.15) is 0 Å². The molecule has 84 valence electrons. The average molecular weight is 237 g/mol. The fourth-order valence-corrected chi connectivity index (χ4v) is 1.71. The van der Waals surface area contributed by atoms with E-state index >= 15 is 0 Å². The Morgan fingerprint density at radius 2 is 1.21 bits per heavy atom. The van der Waals surface area contributed by atoms with Crippen LogP contribution < -0.4 is 0 Å². The Bertz CT molecular complexity index is 127. The van der Waals surface area contributed by atoms with E-state index in [0.717, 1.165) is 12.8 Å². The van der Waals surface area contributed by atoms with Gasteiger partial charge in [-0.25, -0.2) is 0 Å². The highest BCUT2D eigenvalue weighted by atomic mass is 35.5. The predicted octanol–water partition coefficient (Wildman–Crippen LogP) is 5.14. The molecule has 0 aromatic rings. The van der Waals surface area contributed by atoms with E-state index in [1.807, 2.05) is 12.2 Å². The molecule has 0 saturated carbocycles. The third-order valence-corrected chi connectivity index (χ3v) is 2.92. The molecule has 0 radical (unpaired) electrons. The van der Waals surface area contributed by atoms with E-state index in [4.69, 9.17) is 23.2 Å². The van der Waals surface area contributed by atoms with Crippen molar-refractivity contribution in [3.63, 3.8) is 0 Å². The number of halogens is 2. The largest absolute Gasteiger partial charge is 0.118 e. The summed E-state index contributed by atoms with van der Waals surface area (Å²) in [4.78, 5) is 0. The Labute approximate surface area is 98.7 Å². The van der Waals surface area contributed by atoms with E-state index in [1.54, 1.807) is 0 Å². The van der Waals surface area contributed by atoms with Crippen molar-refractivity contribution in [3.05, 3.63) is 12.2 Å². The summed E-state index contributed by atoms with van der Waals surface area (Å²) in [5, 5.41) is 0.329. The van der Waals surface area contributed by atoms with Crippen LogP contribution in [0.3, 0.4) is 0 Å². The summed E-state index contributed by atoms with van der Waals surface area (Å²) in [6.45, 7) is 4.36. The van der Waals surface area contributed by atoms with Crippen LogP contribution in [0.1, 0.15) is 52.4 Å². The van der Waals surface area contributed by atoms with Gasteiger partial charge < -0.3 is 0 Å². The van der Waals surface area contributed by atoms with Crippen LogP contribution in [0.25, 0.3) is 0 Å². The van der Waals surface area contributed by atoms with E-state index in [-0.39, 0.29) is 10.8 Å². The zero-order valence-electron chi connectivity index (χ0n) is 9.31. The van der Waals surface area contributed by atoms with Gasteiger partial charge >= 0.3 is 0 Å². The summed E-state index contributed by atoms with van der Waals surface area (Å²) in [5.41, 5.74) is 0. The second-order valence-electron chi connectivity index (χ2n) is 3.70. The van der Waals surface area contributed by atoms with Gasteiger partial charge in [-0.1, -0.05) is 51.7 Å². The van der Waals surface area contributed by atoms with Crippen LogP contribution in [0.4, 0.5) is 0 Å². The zero-order chi connectivity index (χ0) is 10.8. The molecule has 0 aliphatic carbocycles. The molecule has 0 aliphatic rings. The van der Waals surface area contributed by atoms with Crippen LogP contribution in [-0.2, 0) is 0 Å². The van der Waals surface area contributed by atoms with E-state index in [0.29, 0.717) is 0 Å². The number of hydrogen-bond acceptors (Lipinski definition) is 0. The molecule has 2 heteroatoms. The summed E-state index contributed by atoms with van der Waals surface area (Å²) < 4.78 is 0. The number of unbranched alkanes of at least 4 members (excludes halogenated alkanes) is 2. The average Bonchev–Trinajstić information content (AvgIpc) is 2.20. The monoisotopic (exact) mass is 236 g/mol. The van der Waals surface area contributed by atoms with Crippen LogP contribution in [-0.4, -0.2) is 10.8 Å². The fourth-order valence-electron chi connectivity index (χ4n) is 1.23. The molecule has 0 heterocycles. The smallest absolute Gasteiger partial charge is 0.0516 e. The maximum Gasteiger partial charge on any atom is 0.0516 e. The van der Waals surface area contributed by atoms with Crippen LogP contribution in [0.15, 0.2) is 12.2 Å². The van der Waals surface area contributed by atoms with Crippen molar-refractivity contribution in [1.82, 2.24) is 0 Å². The molecule has 2 unspecified atom stereocenters. The lowest BCUT2D eigenvalue weighted by Gasteiger charge is -2.05. The third kappa shape index (κ3) is 8.90. The van der Waals surface area contributed by atoms with Gasteiger partial charge in [-0.05, 0) is 12.8 Å². The molecule has 0 bridgehead atoms. The maximum atomic E-state index is 6.09. The highest BCUT2D eigenvalue weighted by Gasteiger charge is 2.01. The van der Waals surface area contributed by atoms with Crippen molar-refractivity contribution in [1.29, 1.82) is 0 Å². The molecular weight excluding hydrogens is 215 g/mol. The Kier molecular flexibility index (Phi) is 10.1. The van der Waals surface area contributed by atoms with E-state index < -0.39 is 0 Å². The minimum Gasteiger partial charge on any atom is -0.118 e. The minimum absolute atomic E-state index is 0.165. The van der Waals surface area contributed by atoms with Gasteiger partial charge in [-0.2, -0.15) is 0 Å². The second kappa shape index (κ2) is 9.86. The van der Waals surface area contributed by atoms with E-state index in [1.165, 1.54) is 25.7 Å². The SMILES string of the molecule is CCCCC(Cl)/C=C\C(Cl)CCCC. The maximum absolute atomic E-state index is 6.09. The van der Waals surface area contributed by atoms with Crippen molar-refractivity contribution in [2.24, 2.45) is 0 Å². The third-order valence-electron chi connectivity index (χ3n) is 2.20. The Morgan fingerprint density at radius 3 is 1.50 bits per heavy atom. The molecule has 0 aliphatic heterocycles. The van der Waals surface area contributed by atoms with Crippen LogP contribution in [0.5, 0.6) is 0 Å². The van der Waals surface area contributed by atoms with Crippen LogP contribution in [0, 0.1) is 0 Å². The first-order chi connectivity index (χ1) is 6.70. The Morgan fingerprint density at radius 1 is 0.857 bits per heavy atom. The lowest BCUT2D eigenvalue weighted by atomic mass is 10.1. The fraction of sp³-hybridized carbons (Fsp3) is 0.833. The van der Waals surface area contributed by atoms with Gasteiger partial charge in [-0.3, -0.25) is 0 Å². The predicted molar refractivity (Wildman–Crippen MR) is 67.5 cm³/mol. The van der Waals surface area contributed by atoms with Gasteiger partial charge in [0.05, 0.1) is 10.8 Å². The minimum atomic E-state index is 0.165.